The Balaban J connectivity index is 1.42. The van der Waals surface area contributed by atoms with E-state index in [2.05, 4.69) is 15.2 Å². The molecule has 0 saturated carbocycles. The normalized spacial score (nSPS) is 14.9. The SMILES string of the molecule is CCC(=O)N1CCC(S(=O)(=O)N(Cc2cn3ccc(-c4nnc(C(F)F)o4)cc3n2)c2ccccc2)CC1. The van der Waals surface area contributed by atoms with Crippen LogP contribution in [-0.4, -0.2) is 57.1 Å². The fourth-order valence-electron chi connectivity index (χ4n) is 4.56. The average Bonchev–Trinajstić information content (AvgIpc) is 3.59. The van der Waals surface area contributed by atoms with E-state index in [0.29, 0.717) is 54.9 Å². The summed E-state index contributed by atoms with van der Waals surface area (Å²) in [5, 5.41) is 6.39. The van der Waals surface area contributed by atoms with E-state index in [-0.39, 0.29) is 18.3 Å². The van der Waals surface area contributed by atoms with Gasteiger partial charge >= 0.3 is 6.43 Å². The van der Waals surface area contributed by atoms with Gasteiger partial charge in [0, 0.05) is 37.5 Å². The minimum atomic E-state index is -3.78. The minimum Gasteiger partial charge on any atom is -0.415 e. The highest BCUT2D eigenvalue weighted by Crippen LogP contribution is 2.29. The van der Waals surface area contributed by atoms with E-state index in [0.717, 1.165) is 0 Å². The van der Waals surface area contributed by atoms with E-state index >= 15 is 0 Å². The van der Waals surface area contributed by atoms with Crippen molar-refractivity contribution in [2.24, 2.45) is 0 Å². The third-order valence-electron chi connectivity index (χ3n) is 6.56. The number of anilines is 1. The highest BCUT2D eigenvalue weighted by molar-refractivity contribution is 7.93. The monoisotopic (exact) mass is 544 g/mol. The molecule has 10 nitrogen and oxygen atoms in total. The molecule has 38 heavy (non-hydrogen) atoms. The van der Waals surface area contributed by atoms with Gasteiger partial charge < -0.3 is 13.7 Å². The molecule has 4 aromatic rings. The number of nitrogens with zero attached hydrogens (tertiary/aromatic N) is 6. The van der Waals surface area contributed by atoms with Crippen LogP contribution in [0.2, 0.25) is 0 Å². The molecule has 0 bridgehead atoms. The second-order valence-electron chi connectivity index (χ2n) is 8.98. The van der Waals surface area contributed by atoms with Gasteiger partial charge in [0.2, 0.25) is 21.8 Å². The van der Waals surface area contributed by atoms with Gasteiger partial charge in [-0.1, -0.05) is 25.1 Å². The maximum absolute atomic E-state index is 13.8. The molecule has 1 saturated heterocycles. The summed E-state index contributed by atoms with van der Waals surface area (Å²) >= 11 is 0. The first-order valence-electron chi connectivity index (χ1n) is 12.2. The third-order valence-corrected chi connectivity index (χ3v) is 8.83. The van der Waals surface area contributed by atoms with E-state index in [4.69, 9.17) is 4.42 Å². The molecule has 200 valence electrons. The van der Waals surface area contributed by atoms with Gasteiger partial charge in [0.05, 0.1) is 23.2 Å². The molecule has 0 N–H and O–H groups in total. The molecule has 1 aliphatic rings. The lowest BCUT2D eigenvalue weighted by Gasteiger charge is -2.35. The number of pyridine rings is 1. The van der Waals surface area contributed by atoms with Crippen molar-refractivity contribution < 1.29 is 26.4 Å². The Morgan fingerprint density at radius 3 is 2.55 bits per heavy atom. The van der Waals surface area contributed by atoms with Gasteiger partial charge in [0.25, 0.3) is 5.89 Å². The van der Waals surface area contributed by atoms with E-state index < -0.39 is 27.6 Å². The Bertz CT molecular complexity index is 1530. The number of hydrogen-bond donors (Lipinski definition) is 0. The first kappa shape index (κ1) is 25.8. The molecule has 1 aliphatic heterocycles. The van der Waals surface area contributed by atoms with Gasteiger partial charge in [0.15, 0.2) is 0 Å². The van der Waals surface area contributed by atoms with Crippen molar-refractivity contribution in [2.75, 3.05) is 17.4 Å². The number of imidazole rings is 1. The number of para-hydroxylation sites is 1. The van der Waals surface area contributed by atoms with Crippen LogP contribution in [0.15, 0.2) is 59.3 Å². The second-order valence-corrected chi connectivity index (χ2v) is 11.1. The molecular weight excluding hydrogens is 518 g/mol. The maximum Gasteiger partial charge on any atom is 0.314 e. The Hall–Kier alpha value is -3.87. The van der Waals surface area contributed by atoms with Crippen molar-refractivity contribution in [2.45, 2.75) is 44.4 Å². The van der Waals surface area contributed by atoms with Crippen LogP contribution in [0.25, 0.3) is 17.1 Å². The number of halogens is 2. The van der Waals surface area contributed by atoms with Crippen LogP contribution in [0.1, 0.15) is 44.2 Å². The van der Waals surface area contributed by atoms with Gasteiger partial charge in [-0.25, -0.2) is 13.4 Å². The lowest BCUT2D eigenvalue weighted by molar-refractivity contribution is -0.131. The molecule has 0 spiro atoms. The van der Waals surface area contributed by atoms with Crippen LogP contribution in [0.4, 0.5) is 14.5 Å². The number of carbonyl (C=O) groups excluding carboxylic acids is 1. The molecule has 1 aromatic carbocycles. The fourth-order valence-corrected chi connectivity index (χ4v) is 6.45. The molecule has 0 radical (unpaired) electrons. The second kappa shape index (κ2) is 10.5. The Kier molecular flexibility index (Phi) is 7.11. The average molecular weight is 545 g/mol. The van der Waals surface area contributed by atoms with Gasteiger partial charge in [-0.3, -0.25) is 9.10 Å². The number of piperidine rings is 1. The van der Waals surface area contributed by atoms with Crippen LogP contribution in [0.5, 0.6) is 0 Å². The molecule has 5 rings (SSSR count). The summed E-state index contributed by atoms with van der Waals surface area (Å²) in [6, 6.07) is 12.1. The predicted octanol–water partition coefficient (Wildman–Crippen LogP) is 4.06. The Labute approximate surface area is 218 Å². The summed E-state index contributed by atoms with van der Waals surface area (Å²) in [5.74, 6) is -0.804. The predicted molar refractivity (Wildman–Crippen MR) is 135 cm³/mol. The summed E-state index contributed by atoms with van der Waals surface area (Å²) in [6.07, 6.45) is 1.61. The largest absolute Gasteiger partial charge is 0.415 e. The van der Waals surface area contributed by atoms with Crippen LogP contribution in [0.3, 0.4) is 0 Å². The van der Waals surface area contributed by atoms with E-state index in [1.54, 1.807) is 65.0 Å². The smallest absolute Gasteiger partial charge is 0.314 e. The van der Waals surface area contributed by atoms with Crippen molar-refractivity contribution in [3.05, 3.63) is 66.4 Å². The van der Waals surface area contributed by atoms with Crippen molar-refractivity contribution >= 4 is 27.3 Å². The third kappa shape index (κ3) is 5.10. The zero-order valence-electron chi connectivity index (χ0n) is 20.6. The van der Waals surface area contributed by atoms with E-state index in [1.165, 1.54) is 4.31 Å². The molecule has 0 aliphatic carbocycles. The Morgan fingerprint density at radius 1 is 1.16 bits per heavy atom. The first-order chi connectivity index (χ1) is 18.3. The molecule has 3 aromatic heterocycles. The quantitative estimate of drug-likeness (QED) is 0.329. The number of rotatable bonds is 8. The van der Waals surface area contributed by atoms with Crippen molar-refractivity contribution in [3.63, 3.8) is 0 Å². The standard InChI is InChI=1S/C25H26F2N6O4S/c1-2-22(34)31-12-9-20(10-13-31)38(35,36)33(19-6-4-3-5-7-19)16-18-15-32-11-8-17(14-21(32)28-18)24-29-30-25(37-24)23(26)27/h3-8,11,14-15,20,23H,2,9-10,12-13,16H2,1H3. The lowest BCUT2D eigenvalue weighted by atomic mass is 10.1. The van der Waals surface area contributed by atoms with Gasteiger partial charge in [-0.05, 0) is 37.1 Å². The molecule has 4 heterocycles. The number of alkyl halides is 2. The maximum atomic E-state index is 13.8. The van der Waals surface area contributed by atoms with E-state index in [1.807, 2.05) is 6.07 Å². The molecular formula is C25H26F2N6O4S. The molecule has 1 fully saturated rings. The van der Waals surface area contributed by atoms with Crippen molar-refractivity contribution in [1.82, 2.24) is 24.5 Å². The van der Waals surface area contributed by atoms with Gasteiger partial charge in [-0.15, -0.1) is 10.2 Å². The molecule has 0 unspecified atom stereocenters. The number of sulfonamides is 1. The summed E-state index contributed by atoms with van der Waals surface area (Å²) < 4.78 is 61.5. The van der Waals surface area contributed by atoms with Gasteiger partial charge in [-0.2, -0.15) is 8.78 Å². The number of carbonyl (C=O) groups is 1. The minimum absolute atomic E-state index is 0.00640. The van der Waals surface area contributed by atoms with Crippen LogP contribution >= 0.6 is 0 Å². The van der Waals surface area contributed by atoms with Crippen LogP contribution in [0, 0.1) is 0 Å². The van der Waals surface area contributed by atoms with Crippen molar-refractivity contribution in [3.8, 4) is 11.5 Å². The zero-order valence-corrected chi connectivity index (χ0v) is 21.4. The summed E-state index contributed by atoms with van der Waals surface area (Å²) in [6.45, 7) is 2.59. The number of fused-ring (bicyclic) bond motifs is 1. The first-order valence-corrected chi connectivity index (χ1v) is 13.7. The molecule has 1 amide bonds. The summed E-state index contributed by atoms with van der Waals surface area (Å²) in [4.78, 5) is 18.4. The number of aromatic nitrogens is 4. The lowest BCUT2D eigenvalue weighted by Crippen LogP contribution is -2.46. The Morgan fingerprint density at radius 2 is 1.89 bits per heavy atom. The number of amides is 1. The van der Waals surface area contributed by atoms with Crippen LogP contribution < -0.4 is 4.31 Å². The zero-order chi connectivity index (χ0) is 26.9. The van der Waals surface area contributed by atoms with E-state index in [9.17, 15) is 22.0 Å². The number of hydrogen-bond acceptors (Lipinski definition) is 7. The number of benzene rings is 1. The molecule has 0 atom stereocenters. The highest BCUT2D eigenvalue weighted by Gasteiger charge is 2.36. The topological polar surface area (TPSA) is 114 Å². The van der Waals surface area contributed by atoms with Crippen molar-refractivity contribution in [1.29, 1.82) is 0 Å². The fraction of sp³-hybridized carbons (Fsp3) is 0.360. The molecule has 13 heteroatoms. The summed E-state index contributed by atoms with van der Waals surface area (Å²) in [7, 11) is -3.78. The summed E-state index contributed by atoms with van der Waals surface area (Å²) in [5.41, 5.74) is 1.88. The van der Waals surface area contributed by atoms with Crippen LogP contribution in [-0.2, 0) is 21.4 Å². The highest BCUT2D eigenvalue weighted by atomic mass is 32.2. The van der Waals surface area contributed by atoms with Gasteiger partial charge in [0.1, 0.15) is 5.65 Å². The number of likely N-dealkylation sites (tertiary alicyclic amines) is 1.